The molecule has 108 valence electrons. The van der Waals surface area contributed by atoms with Gasteiger partial charge in [-0.25, -0.2) is 0 Å². The van der Waals surface area contributed by atoms with Crippen LogP contribution in [0.15, 0.2) is 54.9 Å². The van der Waals surface area contributed by atoms with Gasteiger partial charge in [-0.3, -0.25) is 9.78 Å². The molecule has 4 nitrogen and oxygen atoms in total. The topological polar surface area (TPSA) is 62.2 Å². The van der Waals surface area contributed by atoms with Gasteiger partial charge in [0.25, 0.3) is 0 Å². The number of nitrogens with zero attached hydrogens (tertiary/aromatic N) is 1. The predicted octanol–water partition coefficient (Wildman–Crippen LogP) is 2.55. The molecule has 2 aromatic rings. The summed E-state index contributed by atoms with van der Waals surface area (Å²) >= 11 is 0. The zero-order chi connectivity index (χ0) is 14.9. The molecular weight excluding hydrogens is 264 g/mol. The molecule has 0 unspecified atom stereocenters. The minimum Gasteiger partial charge on any atom is -0.508 e. The molecule has 21 heavy (non-hydrogen) atoms. The largest absolute Gasteiger partial charge is 0.508 e. The summed E-state index contributed by atoms with van der Waals surface area (Å²) in [6, 6.07) is 10.9. The van der Waals surface area contributed by atoms with E-state index in [1.54, 1.807) is 30.6 Å². The fourth-order valence-corrected chi connectivity index (χ4v) is 1.92. The van der Waals surface area contributed by atoms with E-state index < -0.39 is 0 Å². The fraction of sp³-hybridized carbons (Fsp3) is 0.176. The van der Waals surface area contributed by atoms with Gasteiger partial charge in [0.15, 0.2) is 0 Å². The van der Waals surface area contributed by atoms with Crippen molar-refractivity contribution in [3.05, 3.63) is 66.0 Å². The van der Waals surface area contributed by atoms with Gasteiger partial charge >= 0.3 is 0 Å². The molecule has 0 fully saturated rings. The SMILES string of the molecule is O=C(/C=C/c1cccnc1)NCCCc1cccc(O)c1. The summed E-state index contributed by atoms with van der Waals surface area (Å²) in [5, 5.41) is 12.2. The monoisotopic (exact) mass is 282 g/mol. The summed E-state index contributed by atoms with van der Waals surface area (Å²) in [6.45, 7) is 0.603. The van der Waals surface area contributed by atoms with Crippen molar-refractivity contribution in [2.24, 2.45) is 0 Å². The van der Waals surface area contributed by atoms with Gasteiger partial charge in [0.1, 0.15) is 5.75 Å². The van der Waals surface area contributed by atoms with E-state index in [0.29, 0.717) is 6.54 Å². The lowest BCUT2D eigenvalue weighted by molar-refractivity contribution is -0.116. The fourth-order valence-electron chi connectivity index (χ4n) is 1.92. The van der Waals surface area contributed by atoms with Crippen molar-refractivity contribution < 1.29 is 9.90 Å². The van der Waals surface area contributed by atoms with E-state index in [1.807, 2.05) is 24.3 Å². The van der Waals surface area contributed by atoms with Crippen molar-refractivity contribution in [3.63, 3.8) is 0 Å². The van der Waals surface area contributed by atoms with E-state index in [2.05, 4.69) is 10.3 Å². The number of rotatable bonds is 6. The van der Waals surface area contributed by atoms with Crippen LogP contribution in [0.5, 0.6) is 5.75 Å². The number of phenols is 1. The summed E-state index contributed by atoms with van der Waals surface area (Å²) in [4.78, 5) is 15.6. The van der Waals surface area contributed by atoms with E-state index in [4.69, 9.17) is 0 Å². The molecule has 0 aliphatic rings. The Morgan fingerprint density at radius 3 is 2.95 bits per heavy atom. The van der Waals surface area contributed by atoms with Crippen LogP contribution in [0, 0.1) is 0 Å². The maximum atomic E-state index is 11.6. The Kier molecular flexibility index (Phi) is 5.52. The molecule has 0 aliphatic carbocycles. The van der Waals surface area contributed by atoms with Crippen LogP contribution in [0.25, 0.3) is 6.08 Å². The average molecular weight is 282 g/mol. The molecule has 2 N–H and O–H groups in total. The van der Waals surface area contributed by atoms with E-state index in [-0.39, 0.29) is 11.7 Å². The van der Waals surface area contributed by atoms with Gasteiger partial charge in [-0.05, 0) is 48.2 Å². The first-order valence-corrected chi connectivity index (χ1v) is 6.88. The number of pyridine rings is 1. The lowest BCUT2D eigenvalue weighted by Crippen LogP contribution is -2.22. The number of nitrogens with one attached hydrogen (secondary N) is 1. The summed E-state index contributed by atoms with van der Waals surface area (Å²) in [7, 11) is 0. The molecule has 1 amide bonds. The maximum Gasteiger partial charge on any atom is 0.244 e. The van der Waals surface area contributed by atoms with Crippen LogP contribution in [0.3, 0.4) is 0 Å². The van der Waals surface area contributed by atoms with Crippen LogP contribution in [0.2, 0.25) is 0 Å². The Labute approximate surface area is 124 Å². The van der Waals surface area contributed by atoms with Crippen LogP contribution < -0.4 is 5.32 Å². The van der Waals surface area contributed by atoms with Gasteiger partial charge in [0, 0.05) is 25.0 Å². The second kappa shape index (κ2) is 7.85. The third-order valence-electron chi connectivity index (χ3n) is 2.96. The molecular formula is C17H18N2O2. The summed E-state index contributed by atoms with van der Waals surface area (Å²) < 4.78 is 0. The Bertz CT molecular complexity index is 609. The summed E-state index contributed by atoms with van der Waals surface area (Å²) in [5.74, 6) is 0.158. The Hall–Kier alpha value is -2.62. The van der Waals surface area contributed by atoms with E-state index >= 15 is 0 Å². The normalized spacial score (nSPS) is 10.7. The molecule has 2 rings (SSSR count). The Morgan fingerprint density at radius 2 is 2.19 bits per heavy atom. The van der Waals surface area contributed by atoms with E-state index in [1.165, 1.54) is 6.08 Å². The highest BCUT2D eigenvalue weighted by Crippen LogP contribution is 2.12. The summed E-state index contributed by atoms with van der Waals surface area (Å²) in [6.07, 6.45) is 8.28. The van der Waals surface area contributed by atoms with Crippen molar-refractivity contribution in [2.75, 3.05) is 6.54 Å². The number of amides is 1. The van der Waals surface area contributed by atoms with Crippen molar-refractivity contribution in [2.45, 2.75) is 12.8 Å². The van der Waals surface area contributed by atoms with E-state index in [9.17, 15) is 9.90 Å². The van der Waals surface area contributed by atoms with Gasteiger partial charge < -0.3 is 10.4 Å². The Balaban J connectivity index is 1.69. The molecule has 4 heteroatoms. The van der Waals surface area contributed by atoms with Crippen LogP contribution in [0.4, 0.5) is 0 Å². The van der Waals surface area contributed by atoms with Gasteiger partial charge in [-0.2, -0.15) is 0 Å². The number of aryl methyl sites for hydroxylation is 1. The molecule has 0 saturated heterocycles. The first-order chi connectivity index (χ1) is 10.2. The van der Waals surface area contributed by atoms with Crippen LogP contribution >= 0.6 is 0 Å². The number of phenolic OH excluding ortho intramolecular Hbond substituents is 1. The third kappa shape index (κ3) is 5.48. The lowest BCUT2D eigenvalue weighted by Gasteiger charge is -2.03. The average Bonchev–Trinajstić information content (AvgIpc) is 2.51. The maximum absolute atomic E-state index is 11.6. The number of carbonyl (C=O) groups excluding carboxylic acids is 1. The molecule has 0 bridgehead atoms. The van der Waals surface area contributed by atoms with Gasteiger partial charge in [-0.1, -0.05) is 18.2 Å². The molecule has 0 atom stereocenters. The molecule has 0 aliphatic heterocycles. The zero-order valence-corrected chi connectivity index (χ0v) is 11.7. The highest BCUT2D eigenvalue weighted by atomic mass is 16.3. The Morgan fingerprint density at radius 1 is 1.29 bits per heavy atom. The van der Waals surface area contributed by atoms with Gasteiger partial charge in [-0.15, -0.1) is 0 Å². The van der Waals surface area contributed by atoms with Crippen molar-refractivity contribution in [3.8, 4) is 5.75 Å². The molecule has 0 saturated carbocycles. The van der Waals surface area contributed by atoms with Crippen LogP contribution in [-0.4, -0.2) is 22.5 Å². The predicted molar refractivity (Wildman–Crippen MR) is 82.7 cm³/mol. The first kappa shape index (κ1) is 14.8. The number of aromatic hydroxyl groups is 1. The van der Waals surface area contributed by atoms with Gasteiger partial charge in [0.2, 0.25) is 5.91 Å². The molecule has 0 radical (unpaired) electrons. The second-order valence-electron chi connectivity index (χ2n) is 4.68. The van der Waals surface area contributed by atoms with Crippen molar-refractivity contribution in [1.82, 2.24) is 10.3 Å². The second-order valence-corrected chi connectivity index (χ2v) is 4.68. The lowest BCUT2D eigenvalue weighted by atomic mass is 10.1. The molecule has 1 aromatic carbocycles. The number of benzene rings is 1. The highest BCUT2D eigenvalue weighted by Gasteiger charge is 1.97. The van der Waals surface area contributed by atoms with Crippen molar-refractivity contribution in [1.29, 1.82) is 0 Å². The standard InChI is InChI=1S/C17H18N2O2/c20-16-7-1-4-14(12-16)5-3-11-19-17(21)9-8-15-6-2-10-18-13-15/h1-2,4,6-10,12-13,20H,3,5,11H2,(H,19,21)/b9-8+. The number of hydrogen-bond donors (Lipinski definition) is 2. The number of aromatic nitrogens is 1. The molecule has 1 heterocycles. The minimum atomic E-state index is -0.116. The first-order valence-electron chi connectivity index (χ1n) is 6.88. The van der Waals surface area contributed by atoms with Crippen molar-refractivity contribution >= 4 is 12.0 Å². The van der Waals surface area contributed by atoms with E-state index in [0.717, 1.165) is 24.0 Å². The minimum absolute atomic E-state index is 0.116. The highest BCUT2D eigenvalue weighted by molar-refractivity contribution is 5.91. The summed E-state index contributed by atoms with van der Waals surface area (Å²) in [5.41, 5.74) is 1.96. The molecule has 0 spiro atoms. The zero-order valence-electron chi connectivity index (χ0n) is 11.7. The van der Waals surface area contributed by atoms with Gasteiger partial charge in [0.05, 0.1) is 0 Å². The molecule has 1 aromatic heterocycles. The third-order valence-corrected chi connectivity index (χ3v) is 2.96. The van der Waals surface area contributed by atoms with Crippen LogP contribution in [-0.2, 0) is 11.2 Å². The quantitative estimate of drug-likeness (QED) is 0.632. The smallest absolute Gasteiger partial charge is 0.244 e. The van der Waals surface area contributed by atoms with Crippen LogP contribution in [0.1, 0.15) is 17.5 Å². The number of carbonyl (C=O) groups is 1. The number of hydrogen-bond acceptors (Lipinski definition) is 3.